The lowest BCUT2D eigenvalue weighted by Gasteiger charge is -2.24. The van der Waals surface area contributed by atoms with Crippen LogP contribution in [0, 0.1) is 6.92 Å². The molecule has 1 N–H and O–H groups in total. The van der Waals surface area contributed by atoms with Crippen LogP contribution in [-0.4, -0.2) is 15.5 Å². The Balaban J connectivity index is 1.59. The van der Waals surface area contributed by atoms with E-state index in [9.17, 15) is 4.79 Å². The molecule has 1 aliphatic heterocycles. The van der Waals surface area contributed by atoms with E-state index in [0.717, 1.165) is 22.4 Å². The monoisotopic (exact) mass is 465 g/mol. The van der Waals surface area contributed by atoms with Crippen molar-refractivity contribution in [3.8, 4) is 0 Å². The fraction of sp³-hybridized carbons (Fsp3) is 0.200. The summed E-state index contributed by atoms with van der Waals surface area (Å²) in [7, 11) is 0. The van der Waals surface area contributed by atoms with Crippen molar-refractivity contribution in [2.45, 2.75) is 29.3 Å². The Hall–Kier alpha value is -2.28. The SMILES string of the molecule is Cc1ccccc1NC(=S)S[C@H](c1ccccc1)[C@@H]1SC(C)(c2ccccc2)OC1=O. The van der Waals surface area contributed by atoms with E-state index in [-0.39, 0.29) is 16.5 Å². The molecule has 3 nitrogen and oxygen atoms in total. The Bertz CT molecular complexity index is 1070. The molecule has 1 unspecified atom stereocenters. The molecule has 1 fully saturated rings. The van der Waals surface area contributed by atoms with Crippen LogP contribution in [0.4, 0.5) is 5.69 Å². The van der Waals surface area contributed by atoms with E-state index in [1.807, 2.05) is 98.8 Å². The van der Waals surface area contributed by atoms with E-state index in [2.05, 4.69) is 5.32 Å². The molecule has 0 radical (unpaired) electrons. The predicted molar refractivity (Wildman–Crippen MR) is 135 cm³/mol. The van der Waals surface area contributed by atoms with Crippen molar-refractivity contribution >= 4 is 51.7 Å². The summed E-state index contributed by atoms with van der Waals surface area (Å²) in [5.41, 5.74) is 4.12. The van der Waals surface area contributed by atoms with Crippen LogP contribution < -0.4 is 5.32 Å². The van der Waals surface area contributed by atoms with Crippen LogP contribution in [0.3, 0.4) is 0 Å². The van der Waals surface area contributed by atoms with E-state index in [4.69, 9.17) is 17.0 Å². The van der Waals surface area contributed by atoms with Crippen molar-refractivity contribution in [2.75, 3.05) is 5.32 Å². The van der Waals surface area contributed by atoms with Gasteiger partial charge >= 0.3 is 5.97 Å². The highest BCUT2D eigenvalue weighted by Crippen LogP contribution is 2.53. The van der Waals surface area contributed by atoms with Crippen LogP contribution >= 0.6 is 35.7 Å². The van der Waals surface area contributed by atoms with Gasteiger partial charge < -0.3 is 10.1 Å². The molecule has 1 saturated heterocycles. The second-order valence-electron chi connectivity index (χ2n) is 7.45. The number of para-hydroxylation sites is 1. The predicted octanol–water partition coefficient (Wildman–Crippen LogP) is 6.70. The molecule has 1 aliphatic rings. The van der Waals surface area contributed by atoms with E-state index in [1.54, 1.807) is 11.8 Å². The summed E-state index contributed by atoms with van der Waals surface area (Å²) in [6.07, 6.45) is 0. The summed E-state index contributed by atoms with van der Waals surface area (Å²) in [6, 6.07) is 27.9. The lowest BCUT2D eigenvalue weighted by molar-refractivity contribution is -0.147. The number of ether oxygens (including phenoxy) is 1. The summed E-state index contributed by atoms with van der Waals surface area (Å²) < 4.78 is 6.55. The third kappa shape index (κ3) is 4.97. The summed E-state index contributed by atoms with van der Waals surface area (Å²) in [6.45, 7) is 4.00. The van der Waals surface area contributed by atoms with Gasteiger partial charge in [0.05, 0.1) is 5.25 Å². The number of thioether (sulfide) groups is 2. The maximum absolute atomic E-state index is 13.1. The van der Waals surface area contributed by atoms with E-state index in [0.29, 0.717) is 4.32 Å². The lowest BCUT2D eigenvalue weighted by Crippen LogP contribution is -2.22. The van der Waals surface area contributed by atoms with Crippen LogP contribution in [0.5, 0.6) is 0 Å². The maximum atomic E-state index is 13.1. The highest BCUT2D eigenvalue weighted by molar-refractivity contribution is 8.24. The Morgan fingerprint density at radius 3 is 2.32 bits per heavy atom. The summed E-state index contributed by atoms with van der Waals surface area (Å²) >= 11 is 8.73. The van der Waals surface area contributed by atoms with Gasteiger partial charge in [0, 0.05) is 11.3 Å². The molecule has 31 heavy (non-hydrogen) atoms. The molecular formula is C25H23NO2S3. The number of esters is 1. The van der Waals surface area contributed by atoms with Gasteiger partial charge in [0.1, 0.15) is 9.57 Å². The number of benzene rings is 3. The third-order valence-corrected chi connectivity index (χ3v) is 8.36. The van der Waals surface area contributed by atoms with Gasteiger partial charge in [-0.1, -0.05) is 115 Å². The highest BCUT2D eigenvalue weighted by Gasteiger charge is 2.49. The maximum Gasteiger partial charge on any atom is 0.322 e. The molecule has 0 bridgehead atoms. The molecule has 0 amide bonds. The zero-order valence-electron chi connectivity index (χ0n) is 17.3. The lowest BCUT2D eigenvalue weighted by atomic mass is 10.1. The number of rotatable bonds is 5. The van der Waals surface area contributed by atoms with Gasteiger partial charge in [0.15, 0.2) is 4.93 Å². The molecule has 1 heterocycles. The van der Waals surface area contributed by atoms with Gasteiger partial charge in [-0.25, -0.2) is 0 Å². The molecule has 4 rings (SSSR count). The van der Waals surface area contributed by atoms with Crippen LogP contribution in [0.2, 0.25) is 0 Å². The molecule has 0 aromatic heterocycles. The minimum absolute atomic E-state index is 0.173. The largest absolute Gasteiger partial charge is 0.443 e. The quantitative estimate of drug-likeness (QED) is 0.334. The highest BCUT2D eigenvalue weighted by atomic mass is 32.2. The third-order valence-electron chi connectivity index (χ3n) is 5.20. The van der Waals surface area contributed by atoms with Crippen LogP contribution in [0.25, 0.3) is 0 Å². The fourth-order valence-corrected chi connectivity index (χ4v) is 6.53. The minimum atomic E-state index is -0.721. The van der Waals surface area contributed by atoms with Crippen molar-refractivity contribution in [3.63, 3.8) is 0 Å². The number of thiocarbonyl (C=S) groups is 1. The molecule has 0 spiro atoms. The average molecular weight is 466 g/mol. The van der Waals surface area contributed by atoms with Crippen molar-refractivity contribution in [1.82, 2.24) is 0 Å². The van der Waals surface area contributed by atoms with Gasteiger partial charge in [-0.05, 0) is 31.0 Å². The molecule has 6 heteroatoms. The second kappa shape index (κ2) is 9.47. The number of aryl methyl sites for hydroxylation is 1. The number of carbonyl (C=O) groups is 1. The number of cyclic esters (lactones) is 1. The van der Waals surface area contributed by atoms with Crippen LogP contribution in [0.15, 0.2) is 84.9 Å². The molecule has 0 aliphatic carbocycles. The average Bonchev–Trinajstić information content (AvgIpc) is 3.10. The second-order valence-corrected chi connectivity index (χ2v) is 10.8. The zero-order chi connectivity index (χ0) is 21.8. The van der Waals surface area contributed by atoms with Gasteiger partial charge in [0.2, 0.25) is 0 Å². The standard InChI is InChI=1S/C25H23NO2S3/c1-17-11-9-10-16-20(17)26-24(29)30-21(18-12-5-3-6-13-18)22-23(27)28-25(2,31-22)19-14-7-4-8-15-19/h3-16,21-22H,1-2H3,(H,26,29)/t21-,22+,25?/m1/s1. The Labute approximate surface area is 197 Å². The Kier molecular flexibility index (Phi) is 6.70. The normalized spacial score (nSPS) is 21.4. The van der Waals surface area contributed by atoms with Crippen LogP contribution in [-0.2, 0) is 14.5 Å². The number of hydrogen-bond acceptors (Lipinski definition) is 5. The first kappa shape index (κ1) is 21.9. The number of hydrogen-bond donors (Lipinski definition) is 1. The number of nitrogens with one attached hydrogen (secondary N) is 1. The molecule has 0 saturated carbocycles. The Morgan fingerprint density at radius 1 is 1.03 bits per heavy atom. The van der Waals surface area contributed by atoms with Gasteiger partial charge in [-0.3, -0.25) is 4.79 Å². The number of carbonyl (C=O) groups excluding carboxylic acids is 1. The summed E-state index contributed by atoms with van der Waals surface area (Å²) in [5, 5.41) is 2.78. The number of anilines is 1. The summed E-state index contributed by atoms with van der Waals surface area (Å²) in [4.78, 5) is 12.3. The first-order valence-electron chi connectivity index (χ1n) is 10.0. The van der Waals surface area contributed by atoms with E-state index < -0.39 is 4.93 Å². The van der Waals surface area contributed by atoms with E-state index in [1.165, 1.54) is 11.8 Å². The van der Waals surface area contributed by atoms with Crippen molar-refractivity contribution in [2.24, 2.45) is 0 Å². The molecule has 3 aromatic carbocycles. The first-order chi connectivity index (χ1) is 15.0. The van der Waals surface area contributed by atoms with Crippen molar-refractivity contribution in [3.05, 3.63) is 102 Å². The summed E-state index contributed by atoms with van der Waals surface area (Å²) in [5.74, 6) is -0.212. The molecular weight excluding hydrogens is 442 g/mol. The first-order valence-corrected chi connectivity index (χ1v) is 12.2. The van der Waals surface area contributed by atoms with Crippen molar-refractivity contribution in [1.29, 1.82) is 0 Å². The van der Waals surface area contributed by atoms with E-state index >= 15 is 0 Å². The van der Waals surface area contributed by atoms with Gasteiger partial charge in [0.25, 0.3) is 0 Å². The minimum Gasteiger partial charge on any atom is -0.443 e. The molecule has 3 atom stereocenters. The van der Waals surface area contributed by atoms with Crippen LogP contribution in [0.1, 0.15) is 28.9 Å². The Morgan fingerprint density at radius 2 is 1.65 bits per heavy atom. The molecule has 158 valence electrons. The zero-order valence-corrected chi connectivity index (χ0v) is 19.7. The van der Waals surface area contributed by atoms with Crippen molar-refractivity contribution < 1.29 is 9.53 Å². The molecule has 3 aromatic rings. The van der Waals surface area contributed by atoms with Gasteiger partial charge in [-0.15, -0.1) is 0 Å². The topological polar surface area (TPSA) is 38.3 Å². The fourth-order valence-electron chi connectivity index (χ4n) is 3.53. The smallest absolute Gasteiger partial charge is 0.322 e. The van der Waals surface area contributed by atoms with Gasteiger partial charge in [-0.2, -0.15) is 0 Å².